The molecule has 0 aromatic carbocycles. The number of carbonyl (C=O) groups excluding carboxylic acids is 1. The molecule has 1 amide bonds. The molecule has 0 spiro atoms. The van der Waals surface area contributed by atoms with Gasteiger partial charge < -0.3 is 10.6 Å². The van der Waals surface area contributed by atoms with Crippen LogP contribution in [0.4, 0.5) is 0 Å². The molecule has 4 heteroatoms. The lowest BCUT2D eigenvalue weighted by Crippen LogP contribution is -2.56. The highest BCUT2D eigenvalue weighted by Crippen LogP contribution is 2.14. The molecule has 0 radical (unpaired) electrons. The topological polar surface area (TPSA) is 44.4 Å². The molecule has 4 nitrogen and oxygen atoms in total. The summed E-state index contributed by atoms with van der Waals surface area (Å²) in [6, 6.07) is 0.814. The van der Waals surface area contributed by atoms with Crippen LogP contribution in [0.5, 0.6) is 0 Å². The first kappa shape index (κ1) is 18.4. The van der Waals surface area contributed by atoms with E-state index in [1.807, 2.05) is 6.92 Å². The molecule has 2 unspecified atom stereocenters. The maximum Gasteiger partial charge on any atom is 0.237 e. The summed E-state index contributed by atoms with van der Waals surface area (Å²) in [6.07, 6.45) is 4.74. The number of carbonyl (C=O) groups is 1. The van der Waals surface area contributed by atoms with Gasteiger partial charge in [-0.3, -0.25) is 9.69 Å². The van der Waals surface area contributed by atoms with Gasteiger partial charge in [0.25, 0.3) is 0 Å². The first-order valence-corrected chi connectivity index (χ1v) is 8.58. The molecule has 0 bridgehead atoms. The smallest absolute Gasteiger partial charge is 0.237 e. The van der Waals surface area contributed by atoms with Gasteiger partial charge in [-0.1, -0.05) is 13.3 Å². The minimum Gasteiger partial charge on any atom is -0.350 e. The zero-order chi connectivity index (χ0) is 16.0. The van der Waals surface area contributed by atoms with E-state index in [9.17, 15) is 4.79 Å². The summed E-state index contributed by atoms with van der Waals surface area (Å²) in [5.41, 5.74) is -0.128. The molecule has 1 heterocycles. The van der Waals surface area contributed by atoms with Crippen LogP contribution in [0.15, 0.2) is 0 Å². The molecular formula is C17H35N3O. The van der Waals surface area contributed by atoms with Gasteiger partial charge in [0.05, 0.1) is 6.04 Å². The van der Waals surface area contributed by atoms with Gasteiger partial charge in [0.15, 0.2) is 0 Å². The summed E-state index contributed by atoms with van der Waals surface area (Å²) >= 11 is 0. The van der Waals surface area contributed by atoms with Gasteiger partial charge in [0, 0.05) is 24.2 Å². The minimum atomic E-state index is -0.128. The maximum absolute atomic E-state index is 12.5. The number of rotatable bonds is 7. The number of nitrogens with zero attached hydrogens (tertiary/aromatic N) is 1. The van der Waals surface area contributed by atoms with Crippen LogP contribution in [0.25, 0.3) is 0 Å². The molecule has 1 saturated heterocycles. The number of hydrogen-bond acceptors (Lipinski definition) is 3. The third-order valence-electron chi connectivity index (χ3n) is 4.73. The van der Waals surface area contributed by atoms with Crippen LogP contribution >= 0.6 is 0 Å². The second-order valence-electron chi connectivity index (χ2n) is 7.34. The summed E-state index contributed by atoms with van der Waals surface area (Å²) in [6.45, 7) is 14.7. The summed E-state index contributed by atoms with van der Waals surface area (Å²) in [4.78, 5) is 14.9. The molecule has 1 fully saturated rings. The van der Waals surface area contributed by atoms with Crippen LogP contribution in [0, 0.1) is 0 Å². The van der Waals surface area contributed by atoms with Crippen molar-refractivity contribution in [3.8, 4) is 0 Å². The third kappa shape index (κ3) is 5.95. The lowest BCUT2D eigenvalue weighted by Gasteiger charge is -2.38. The average Bonchev–Trinajstić information content (AvgIpc) is 2.44. The zero-order valence-corrected chi connectivity index (χ0v) is 14.8. The first-order chi connectivity index (χ1) is 9.76. The Morgan fingerprint density at radius 1 is 1.33 bits per heavy atom. The van der Waals surface area contributed by atoms with Gasteiger partial charge in [0.1, 0.15) is 0 Å². The standard InChI is InChI=1S/C17H35N3O/c1-7-17(5,6)19-16(21)14(4)20(13(2)3)12-15-10-8-9-11-18-15/h13-15,18H,7-12H2,1-6H3,(H,19,21). The highest BCUT2D eigenvalue weighted by atomic mass is 16.2. The highest BCUT2D eigenvalue weighted by Gasteiger charge is 2.29. The summed E-state index contributed by atoms with van der Waals surface area (Å²) in [7, 11) is 0. The van der Waals surface area contributed by atoms with Crippen molar-refractivity contribution in [3.63, 3.8) is 0 Å². The Kier molecular flexibility index (Phi) is 7.14. The quantitative estimate of drug-likeness (QED) is 0.759. The van der Waals surface area contributed by atoms with E-state index < -0.39 is 0 Å². The van der Waals surface area contributed by atoms with E-state index in [0.29, 0.717) is 12.1 Å². The van der Waals surface area contributed by atoms with Gasteiger partial charge in [-0.05, 0) is 60.4 Å². The van der Waals surface area contributed by atoms with Crippen molar-refractivity contribution in [1.29, 1.82) is 0 Å². The Balaban J connectivity index is 2.63. The monoisotopic (exact) mass is 297 g/mol. The predicted molar refractivity (Wildman–Crippen MR) is 89.5 cm³/mol. The van der Waals surface area contributed by atoms with Crippen molar-refractivity contribution >= 4 is 5.91 Å². The molecule has 124 valence electrons. The Hall–Kier alpha value is -0.610. The van der Waals surface area contributed by atoms with Crippen molar-refractivity contribution < 1.29 is 4.79 Å². The van der Waals surface area contributed by atoms with Crippen LogP contribution < -0.4 is 10.6 Å². The fraction of sp³-hybridized carbons (Fsp3) is 0.941. The van der Waals surface area contributed by atoms with Gasteiger partial charge in [-0.25, -0.2) is 0 Å². The second kappa shape index (κ2) is 8.14. The molecular weight excluding hydrogens is 262 g/mol. The maximum atomic E-state index is 12.5. The SMILES string of the molecule is CCC(C)(C)NC(=O)C(C)N(CC1CCCCN1)C(C)C. The fourth-order valence-corrected chi connectivity index (χ4v) is 2.83. The lowest BCUT2D eigenvalue weighted by molar-refractivity contribution is -0.128. The van der Waals surface area contributed by atoms with Crippen LogP contribution in [0.1, 0.15) is 67.2 Å². The Morgan fingerprint density at radius 3 is 2.48 bits per heavy atom. The van der Waals surface area contributed by atoms with E-state index in [2.05, 4.69) is 50.2 Å². The molecule has 0 saturated carbocycles. The lowest BCUT2D eigenvalue weighted by atomic mass is 10.0. The van der Waals surface area contributed by atoms with Crippen LogP contribution in [0.3, 0.4) is 0 Å². The number of nitrogens with one attached hydrogen (secondary N) is 2. The van der Waals surface area contributed by atoms with E-state index in [4.69, 9.17) is 0 Å². The fourth-order valence-electron chi connectivity index (χ4n) is 2.83. The van der Waals surface area contributed by atoms with Crippen molar-refractivity contribution in [3.05, 3.63) is 0 Å². The van der Waals surface area contributed by atoms with E-state index in [1.54, 1.807) is 0 Å². The number of piperidine rings is 1. The molecule has 1 aliphatic rings. The number of amides is 1. The Morgan fingerprint density at radius 2 is 2.00 bits per heavy atom. The molecule has 2 atom stereocenters. The Bertz CT molecular complexity index is 322. The van der Waals surface area contributed by atoms with Crippen molar-refractivity contribution in [2.75, 3.05) is 13.1 Å². The normalized spacial score (nSPS) is 21.6. The summed E-state index contributed by atoms with van der Waals surface area (Å²) in [5, 5.41) is 6.76. The second-order valence-corrected chi connectivity index (χ2v) is 7.34. The van der Waals surface area contributed by atoms with E-state index in [0.717, 1.165) is 19.5 Å². The third-order valence-corrected chi connectivity index (χ3v) is 4.73. The summed E-state index contributed by atoms with van der Waals surface area (Å²) < 4.78 is 0. The van der Waals surface area contributed by atoms with Crippen LogP contribution in [0.2, 0.25) is 0 Å². The minimum absolute atomic E-state index is 0.0837. The molecule has 0 aromatic heterocycles. The highest BCUT2D eigenvalue weighted by molar-refractivity contribution is 5.82. The predicted octanol–water partition coefficient (Wildman–Crippen LogP) is 2.53. The van der Waals surface area contributed by atoms with E-state index >= 15 is 0 Å². The molecule has 21 heavy (non-hydrogen) atoms. The van der Waals surface area contributed by atoms with Gasteiger partial charge in [-0.2, -0.15) is 0 Å². The van der Waals surface area contributed by atoms with E-state index in [1.165, 1.54) is 19.3 Å². The Labute approximate surface area is 131 Å². The van der Waals surface area contributed by atoms with E-state index in [-0.39, 0.29) is 17.5 Å². The zero-order valence-electron chi connectivity index (χ0n) is 14.8. The average molecular weight is 297 g/mol. The molecule has 0 aliphatic carbocycles. The molecule has 1 aliphatic heterocycles. The largest absolute Gasteiger partial charge is 0.350 e. The van der Waals surface area contributed by atoms with Crippen LogP contribution in [-0.4, -0.2) is 47.6 Å². The van der Waals surface area contributed by atoms with Crippen LogP contribution in [-0.2, 0) is 4.79 Å². The van der Waals surface area contributed by atoms with Gasteiger partial charge >= 0.3 is 0 Å². The van der Waals surface area contributed by atoms with Crippen molar-refractivity contribution in [2.45, 2.75) is 90.9 Å². The van der Waals surface area contributed by atoms with Crippen molar-refractivity contribution in [2.24, 2.45) is 0 Å². The van der Waals surface area contributed by atoms with Crippen molar-refractivity contribution in [1.82, 2.24) is 15.5 Å². The number of hydrogen-bond donors (Lipinski definition) is 2. The first-order valence-electron chi connectivity index (χ1n) is 8.58. The molecule has 1 rings (SSSR count). The molecule has 0 aromatic rings. The van der Waals surface area contributed by atoms with Gasteiger partial charge in [0.2, 0.25) is 5.91 Å². The summed E-state index contributed by atoms with van der Waals surface area (Å²) in [5.74, 6) is 0.145. The van der Waals surface area contributed by atoms with Gasteiger partial charge in [-0.15, -0.1) is 0 Å². The molecule has 2 N–H and O–H groups in total.